The van der Waals surface area contributed by atoms with Gasteiger partial charge in [0, 0.05) is 24.0 Å². The maximum absolute atomic E-state index is 11.5. The number of carboxylic acid groups (broad SMARTS) is 1. The van der Waals surface area contributed by atoms with Gasteiger partial charge < -0.3 is 10.4 Å². The second kappa shape index (κ2) is 5.14. The number of nitrogens with zero attached hydrogens (tertiary/aromatic N) is 2. The van der Waals surface area contributed by atoms with Crippen molar-refractivity contribution in [3.8, 4) is 0 Å². The summed E-state index contributed by atoms with van der Waals surface area (Å²) in [6.45, 7) is 3.83. The number of rotatable bonds is 4. The lowest BCUT2D eigenvalue weighted by molar-refractivity contribution is -0.138. The molecule has 0 bridgehead atoms. The van der Waals surface area contributed by atoms with Gasteiger partial charge in [0.1, 0.15) is 0 Å². The van der Waals surface area contributed by atoms with Crippen LogP contribution in [0.2, 0.25) is 0 Å². The molecule has 0 radical (unpaired) electrons. The minimum Gasteiger partial charge on any atom is -0.479 e. The van der Waals surface area contributed by atoms with Crippen molar-refractivity contribution in [3.63, 3.8) is 0 Å². The molecule has 1 unspecified atom stereocenters. The molecule has 0 amide bonds. The molecule has 1 atom stereocenters. The van der Waals surface area contributed by atoms with Crippen LogP contribution in [0, 0.1) is 13.8 Å². The van der Waals surface area contributed by atoms with E-state index in [1.807, 2.05) is 38.1 Å². The summed E-state index contributed by atoms with van der Waals surface area (Å²) in [7, 11) is 1.80. The van der Waals surface area contributed by atoms with E-state index >= 15 is 0 Å². The van der Waals surface area contributed by atoms with Crippen LogP contribution in [-0.2, 0) is 11.8 Å². The minimum atomic E-state index is -0.919. The molecule has 0 aliphatic heterocycles. The summed E-state index contributed by atoms with van der Waals surface area (Å²) in [6, 6.07) is 6.84. The van der Waals surface area contributed by atoms with Gasteiger partial charge in [0.25, 0.3) is 0 Å². The number of hydrogen-bond acceptors (Lipinski definition) is 3. The quantitative estimate of drug-likeness (QED) is 0.884. The second-order valence-electron chi connectivity index (χ2n) is 4.59. The number of aryl methyl sites for hydroxylation is 2. The maximum atomic E-state index is 11.5. The largest absolute Gasteiger partial charge is 0.479 e. The first-order valence-corrected chi connectivity index (χ1v) is 6.03. The first kappa shape index (κ1) is 13.1. The Hall–Kier alpha value is -2.30. The Morgan fingerprint density at radius 2 is 2.16 bits per heavy atom. The number of aliphatic carboxylic acids is 1. The molecule has 1 aromatic heterocycles. The maximum Gasteiger partial charge on any atom is 0.330 e. The van der Waals surface area contributed by atoms with Crippen molar-refractivity contribution >= 4 is 11.7 Å². The molecule has 0 fully saturated rings. The highest BCUT2D eigenvalue weighted by atomic mass is 16.4. The summed E-state index contributed by atoms with van der Waals surface area (Å²) in [5, 5.41) is 16.5. The average Bonchev–Trinajstić information content (AvgIpc) is 2.67. The normalized spacial score (nSPS) is 12.2. The van der Waals surface area contributed by atoms with Crippen LogP contribution in [-0.4, -0.2) is 20.9 Å². The van der Waals surface area contributed by atoms with Gasteiger partial charge in [-0.3, -0.25) is 4.68 Å². The summed E-state index contributed by atoms with van der Waals surface area (Å²) >= 11 is 0. The molecule has 100 valence electrons. The van der Waals surface area contributed by atoms with Crippen molar-refractivity contribution < 1.29 is 9.90 Å². The van der Waals surface area contributed by atoms with Crippen LogP contribution in [0.1, 0.15) is 22.9 Å². The van der Waals surface area contributed by atoms with Crippen molar-refractivity contribution in [1.29, 1.82) is 0 Å². The summed E-state index contributed by atoms with van der Waals surface area (Å²) in [4.78, 5) is 11.5. The van der Waals surface area contributed by atoms with E-state index in [0.717, 1.165) is 16.9 Å². The van der Waals surface area contributed by atoms with Crippen LogP contribution >= 0.6 is 0 Å². The third kappa shape index (κ3) is 2.76. The Morgan fingerprint density at radius 1 is 1.42 bits per heavy atom. The van der Waals surface area contributed by atoms with Gasteiger partial charge in [-0.05, 0) is 31.5 Å². The highest BCUT2D eigenvalue weighted by molar-refractivity contribution is 5.79. The topological polar surface area (TPSA) is 67.2 Å². The lowest BCUT2D eigenvalue weighted by atomic mass is 10.1. The SMILES string of the molecule is Cc1cccc(NC(C(=O)O)c2cnn(C)c2C)c1. The van der Waals surface area contributed by atoms with Crippen molar-refractivity contribution in [1.82, 2.24) is 9.78 Å². The molecule has 0 spiro atoms. The summed E-state index contributed by atoms with van der Waals surface area (Å²) in [5.41, 5.74) is 3.39. The van der Waals surface area contributed by atoms with Crippen molar-refractivity contribution in [2.45, 2.75) is 19.9 Å². The zero-order chi connectivity index (χ0) is 14.0. The molecule has 0 saturated carbocycles. The van der Waals surface area contributed by atoms with E-state index < -0.39 is 12.0 Å². The number of aromatic nitrogens is 2. The van der Waals surface area contributed by atoms with E-state index in [0.29, 0.717) is 5.56 Å². The zero-order valence-corrected chi connectivity index (χ0v) is 11.2. The van der Waals surface area contributed by atoms with Crippen molar-refractivity contribution in [3.05, 3.63) is 47.3 Å². The Balaban J connectivity index is 2.32. The van der Waals surface area contributed by atoms with E-state index in [9.17, 15) is 9.90 Å². The van der Waals surface area contributed by atoms with E-state index in [-0.39, 0.29) is 0 Å². The molecular weight excluding hydrogens is 242 g/mol. The highest BCUT2D eigenvalue weighted by Crippen LogP contribution is 2.22. The summed E-state index contributed by atoms with van der Waals surface area (Å²) in [6.07, 6.45) is 1.59. The highest BCUT2D eigenvalue weighted by Gasteiger charge is 2.23. The molecule has 2 rings (SSSR count). The van der Waals surface area contributed by atoms with Crippen molar-refractivity contribution in [2.75, 3.05) is 5.32 Å². The molecule has 19 heavy (non-hydrogen) atoms. The Morgan fingerprint density at radius 3 is 2.68 bits per heavy atom. The van der Waals surface area contributed by atoms with E-state index in [2.05, 4.69) is 10.4 Å². The van der Waals surface area contributed by atoms with Crippen LogP contribution in [0.4, 0.5) is 5.69 Å². The molecular formula is C14H17N3O2. The molecule has 0 aliphatic carbocycles. The second-order valence-corrected chi connectivity index (χ2v) is 4.59. The molecule has 1 heterocycles. The smallest absolute Gasteiger partial charge is 0.330 e. The van der Waals surface area contributed by atoms with E-state index in [4.69, 9.17) is 0 Å². The van der Waals surface area contributed by atoms with Gasteiger partial charge >= 0.3 is 5.97 Å². The number of anilines is 1. The van der Waals surface area contributed by atoms with Crippen LogP contribution < -0.4 is 5.32 Å². The number of carbonyl (C=O) groups is 1. The van der Waals surface area contributed by atoms with E-state index in [1.165, 1.54) is 0 Å². The number of carboxylic acids is 1. The third-order valence-corrected chi connectivity index (χ3v) is 3.16. The zero-order valence-electron chi connectivity index (χ0n) is 11.2. The van der Waals surface area contributed by atoms with Gasteiger partial charge in [-0.1, -0.05) is 12.1 Å². The minimum absolute atomic E-state index is 0.677. The fraction of sp³-hybridized carbons (Fsp3) is 0.286. The van der Waals surface area contributed by atoms with Gasteiger partial charge in [-0.25, -0.2) is 4.79 Å². The molecule has 0 aliphatic rings. The molecule has 5 heteroatoms. The van der Waals surface area contributed by atoms with Gasteiger partial charge in [0.15, 0.2) is 6.04 Å². The Labute approximate surface area is 111 Å². The Bertz CT molecular complexity index is 604. The standard InChI is InChI=1S/C14H17N3O2/c1-9-5-4-6-11(7-9)16-13(14(18)19)12-8-15-17(3)10(12)2/h4-8,13,16H,1-3H3,(H,18,19). The number of nitrogens with one attached hydrogen (secondary N) is 1. The fourth-order valence-electron chi connectivity index (χ4n) is 1.97. The van der Waals surface area contributed by atoms with Crippen LogP contribution in [0.15, 0.2) is 30.5 Å². The fourth-order valence-corrected chi connectivity index (χ4v) is 1.97. The van der Waals surface area contributed by atoms with Gasteiger partial charge in [0.05, 0.1) is 6.20 Å². The third-order valence-electron chi connectivity index (χ3n) is 3.16. The molecule has 2 N–H and O–H groups in total. The summed E-state index contributed by atoms with van der Waals surface area (Å²) < 4.78 is 1.67. The van der Waals surface area contributed by atoms with Crippen LogP contribution in [0.25, 0.3) is 0 Å². The van der Waals surface area contributed by atoms with Gasteiger partial charge in [0.2, 0.25) is 0 Å². The Kier molecular flexibility index (Phi) is 3.55. The molecule has 2 aromatic rings. The first-order chi connectivity index (χ1) is 8.99. The van der Waals surface area contributed by atoms with Crippen molar-refractivity contribution in [2.24, 2.45) is 7.05 Å². The van der Waals surface area contributed by atoms with Gasteiger partial charge in [-0.2, -0.15) is 5.10 Å². The predicted octanol–water partition coefficient (Wildman–Crippen LogP) is 2.27. The molecule has 0 saturated heterocycles. The monoisotopic (exact) mass is 259 g/mol. The first-order valence-electron chi connectivity index (χ1n) is 6.03. The van der Waals surface area contributed by atoms with E-state index in [1.54, 1.807) is 17.9 Å². The number of benzene rings is 1. The summed E-state index contributed by atoms with van der Waals surface area (Å²) in [5.74, 6) is -0.919. The lowest BCUT2D eigenvalue weighted by Gasteiger charge is -2.16. The lowest BCUT2D eigenvalue weighted by Crippen LogP contribution is -2.21. The average molecular weight is 259 g/mol. The predicted molar refractivity (Wildman–Crippen MR) is 73.1 cm³/mol. The van der Waals surface area contributed by atoms with Crippen LogP contribution in [0.5, 0.6) is 0 Å². The van der Waals surface area contributed by atoms with Gasteiger partial charge in [-0.15, -0.1) is 0 Å². The van der Waals surface area contributed by atoms with Crippen LogP contribution in [0.3, 0.4) is 0 Å². The molecule has 5 nitrogen and oxygen atoms in total. The number of hydrogen-bond donors (Lipinski definition) is 2. The molecule has 1 aromatic carbocycles.